The number of rotatable bonds is 17. The molecule has 1 N–H and O–H groups in total. The molecule has 0 aromatic heterocycles. The lowest BCUT2D eigenvalue weighted by Gasteiger charge is -2.39. The van der Waals surface area contributed by atoms with Gasteiger partial charge in [0.05, 0.1) is 12.1 Å². The zero-order valence-corrected chi connectivity index (χ0v) is 23.4. The van der Waals surface area contributed by atoms with Crippen molar-refractivity contribution >= 4 is 18.0 Å². The minimum absolute atomic E-state index is 0.0952. The fourth-order valence-electron chi connectivity index (χ4n) is 5.83. The van der Waals surface area contributed by atoms with Crippen molar-refractivity contribution in [1.82, 2.24) is 9.80 Å². The second-order valence-corrected chi connectivity index (χ2v) is 12.0. The van der Waals surface area contributed by atoms with E-state index in [1.807, 2.05) is 20.8 Å². The van der Waals surface area contributed by atoms with Crippen LogP contribution < -0.4 is 0 Å². The molecule has 7 heteroatoms. The Labute approximate surface area is 219 Å². The van der Waals surface area contributed by atoms with Gasteiger partial charge >= 0.3 is 12.1 Å². The number of fused-ring (bicyclic) bond motifs is 2. The molecule has 0 radical (unpaired) electrons. The third-order valence-electron chi connectivity index (χ3n) is 7.60. The fraction of sp³-hybridized carbons (Fsp3) is 0.897. The van der Waals surface area contributed by atoms with Gasteiger partial charge in [-0.3, -0.25) is 9.59 Å². The predicted octanol–water partition coefficient (Wildman–Crippen LogP) is 6.78. The number of carbonyl (C=O) groups excluding carboxylic acids is 2. The Morgan fingerprint density at radius 1 is 0.861 bits per heavy atom. The van der Waals surface area contributed by atoms with E-state index >= 15 is 0 Å². The standard InChI is InChI=1S/C29H52N2O5/c1-5-6-7-8-9-10-11-12-13-14-15-16-17-18-26(32)30(22-27(33)34)24-19-23-20-25(24)31(21-23)28(35)36-29(2,3)4/h23-25H,5-22H2,1-4H3,(H,33,34). The highest BCUT2D eigenvalue weighted by molar-refractivity contribution is 5.82. The molecular formula is C29H52N2O5. The van der Waals surface area contributed by atoms with Crippen LogP contribution in [0.25, 0.3) is 0 Å². The molecule has 3 atom stereocenters. The Kier molecular flexibility index (Phi) is 13.1. The molecule has 0 aromatic carbocycles. The van der Waals surface area contributed by atoms with Crippen LogP contribution in [-0.2, 0) is 14.3 Å². The molecule has 2 fully saturated rings. The van der Waals surface area contributed by atoms with Crippen molar-refractivity contribution in [3.63, 3.8) is 0 Å². The highest BCUT2D eigenvalue weighted by Crippen LogP contribution is 2.41. The van der Waals surface area contributed by atoms with E-state index in [0.717, 1.165) is 32.1 Å². The maximum absolute atomic E-state index is 13.1. The van der Waals surface area contributed by atoms with Gasteiger partial charge in [-0.25, -0.2) is 4.79 Å². The van der Waals surface area contributed by atoms with Crippen LogP contribution in [0.1, 0.15) is 130 Å². The molecule has 2 rings (SSSR count). The van der Waals surface area contributed by atoms with Gasteiger partial charge in [0.25, 0.3) is 0 Å². The highest BCUT2D eigenvalue weighted by atomic mass is 16.6. The molecular weight excluding hydrogens is 456 g/mol. The van der Waals surface area contributed by atoms with E-state index in [-0.39, 0.29) is 30.6 Å². The van der Waals surface area contributed by atoms with Gasteiger partial charge in [0.15, 0.2) is 0 Å². The number of carboxylic acid groups (broad SMARTS) is 1. The third-order valence-corrected chi connectivity index (χ3v) is 7.60. The summed E-state index contributed by atoms with van der Waals surface area (Å²) < 4.78 is 5.56. The molecule has 1 aliphatic heterocycles. The monoisotopic (exact) mass is 508 g/mol. The van der Waals surface area contributed by atoms with Gasteiger partial charge in [0.1, 0.15) is 12.1 Å². The molecule has 0 aromatic rings. The largest absolute Gasteiger partial charge is 0.480 e. The van der Waals surface area contributed by atoms with E-state index in [9.17, 15) is 19.5 Å². The maximum atomic E-state index is 13.1. The number of hydrogen-bond donors (Lipinski definition) is 1. The van der Waals surface area contributed by atoms with Crippen LogP contribution in [0.3, 0.4) is 0 Å². The quantitative estimate of drug-likeness (QED) is 0.219. The molecule has 1 aliphatic carbocycles. The SMILES string of the molecule is CCCCCCCCCCCCCCCC(=O)N(CC(=O)O)C1CC2CC1N(C(=O)OC(C)(C)C)C2. The predicted molar refractivity (Wildman–Crippen MR) is 143 cm³/mol. The maximum Gasteiger partial charge on any atom is 0.410 e. The molecule has 2 aliphatic rings. The number of carbonyl (C=O) groups is 3. The van der Waals surface area contributed by atoms with E-state index < -0.39 is 11.6 Å². The minimum Gasteiger partial charge on any atom is -0.480 e. The van der Waals surface area contributed by atoms with E-state index in [1.54, 1.807) is 4.90 Å². The van der Waals surface area contributed by atoms with Crippen LogP contribution in [0.2, 0.25) is 0 Å². The molecule has 36 heavy (non-hydrogen) atoms. The Bertz CT molecular complexity index is 690. The van der Waals surface area contributed by atoms with E-state index in [1.165, 1.54) is 69.1 Å². The molecule has 3 unspecified atom stereocenters. The lowest BCUT2D eigenvalue weighted by Crippen LogP contribution is -2.55. The van der Waals surface area contributed by atoms with Gasteiger partial charge < -0.3 is 19.6 Å². The number of carboxylic acids is 1. The van der Waals surface area contributed by atoms with Crippen molar-refractivity contribution in [1.29, 1.82) is 0 Å². The fourth-order valence-corrected chi connectivity index (χ4v) is 5.83. The van der Waals surface area contributed by atoms with Crippen LogP contribution in [0.15, 0.2) is 0 Å². The first kappa shape index (κ1) is 30.4. The van der Waals surface area contributed by atoms with Crippen LogP contribution >= 0.6 is 0 Å². The summed E-state index contributed by atoms with van der Waals surface area (Å²) in [6, 6.07) is -0.387. The third kappa shape index (κ3) is 10.7. The second-order valence-electron chi connectivity index (χ2n) is 12.0. The lowest BCUT2D eigenvalue weighted by atomic mass is 10.0. The number of unbranched alkanes of at least 4 members (excludes halogenated alkanes) is 12. The molecule has 208 valence electrons. The van der Waals surface area contributed by atoms with Crippen LogP contribution in [-0.4, -0.2) is 63.7 Å². The number of amides is 2. The van der Waals surface area contributed by atoms with Gasteiger partial charge in [-0.05, 0) is 46.0 Å². The summed E-state index contributed by atoms with van der Waals surface area (Å²) in [7, 11) is 0. The summed E-state index contributed by atoms with van der Waals surface area (Å²) in [4.78, 5) is 40.6. The first-order chi connectivity index (χ1) is 17.1. The Morgan fingerprint density at radius 2 is 1.39 bits per heavy atom. The summed E-state index contributed by atoms with van der Waals surface area (Å²) in [5.74, 6) is -0.796. The lowest BCUT2D eigenvalue weighted by molar-refractivity contribution is -0.147. The van der Waals surface area contributed by atoms with Gasteiger partial charge in [-0.2, -0.15) is 0 Å². The van der Waals surface area contributed by atoms with Crippen molar-refractivity contribution in [2.45, 2.75) is 148 Å². The first-order valence-electron chi connectivity index (χ1n) is 14.6. The smallest absolute Gasteiger partial charge is 0.410 e. The summed E-state index contributed by atoms with van der Waals surface area (Å²) in [5.41, 5.74) is -0.584. The normalized spacial score (nSPS) is 21.1. The summed E-state index contributed by atoms with van der Waals surface area (Å²) in [6.07, 6.45) is 17.8. The number of nitrogens with zero attached hydrogens (tertiary/aromatic N) is 2. The molecule has 7 nitrogen and oxygen atoms in total. The van der Waals surface area contributed by atoms with Gasteiger partial charge in [0.2, 0.25) is 5.91 Å². The van der Waals surface area contributed by atoms with Crippen LogP contribution in [0, 0.1) is 5.92 Å². The van der Waals surface area contributed by atoms with E-state index in [2.05, 4.69) is 6.92 Å². The number of likely N-dealkylation sites (tertiary alicyclic amines) is 1. The topological polar surface area (TPSA) is 87.2 Å². The van der Waals surface area contributed by atoms with Crippen molar-refractivity contribution < 1.29 is 24.2 Å². The zero-order chi connectivity index (χ0) is 26.6. The van der Waals surface area contributed by atoms with Crippen molar-refractivity contribution in [2.75, 3.05) is 13.1 Å². The van der Waals surface area contributed by atoms with Crippen LogP contribution in [0.4, 0.5) is 4.79 Å². The first-order valence-corrected chi connectivity index (χ1v) is 14.6. The second kappa shape index (κ2) is 15.5. The molecule has 2 amide bonds. The Hall–Kier alpha value is -1.79. The number of hydrogen-bond acceptors (Lipinski definition) is 4. The molecule has 0 spiro atoms. The molecule has 2 bridgehead atoms. The van der Waals surface area contributed by atoms with Crippen molar-refractivity contribution in [3.8, 4) is 0 Å². The average Bonchev–Trinajstić information content (AvgIpc) is 3.40. The van der Waals surface area contributed by atoms with E-state index in [4.69, 9.17) is 4.74 Å². The van der Waals surface area contributed by atoms with E-state index in [0.29, 0.717) is 18.9 Å². The van der Waals surface area contributed by atoms with Gasteiger partial charge in [0, 0.05) is 13.0 Å². The summed E-state index contributed by atoms with van der Waals surface area (Å²) in [5, 5.41) is 9.48. The number of piperidine rings is 1. The van der Waals surface area contributed by atoms with Gasteiger partial charge in [-0.15, -0.1) is 0 Å². The average molecular weight is 509 g/mol. The molecule has 1 heterocycles. The Morgan fingerprint density at radius 3 is 1.86 bits per heavy atom. The summed E-state index contributed by atoms with van der Waals surface area (Å²) >= 11 is 0. The summed E-state index contributed by atoms with van der Waals surface area (Å²) in [6.45, 7) is 8.10. The Balaban J connectivity index is 1.69. The zero-order valence-electron chi connectivity index (χ0n) is 23.4. The van der Waals surface area contributed by atoms with Gasteiger partial charge in [-0.1, -0.05) is 84.0 Å². The number of ether oxygens (including phenoxy) is 1. The molecule has 1 saturated heterocycles. The van der Waals surface area contributed by atoms with Crippen molar-refractivity contribution in [2.24, 2.45) is 5.92 Å². The highest BCUT2D eigenvalue weighted by Gasteiger charge is 2.51. The van der Waals surface area contributed by atoms with Crippen molar-refractivity contribution in [3.05, 3.63) is 0 Å². The van der Waals surface area contributed by atoms with Crippen LogP contribution in [0.5, 0.6) is 0 Å². The number of aliphatic carboxylic acids is 1. The molecule has 1 saturated carbocycles. The minimum atomic E-state index is -1.000.